The first kappa shape index (κ1) is 19.9. The van der Waals surface area contributed by atoms with E-state index in [0.717, 1.165) is 22.4 Å². The van der Waals surface area contributed by atoms with Gasteiger partial charge in [-0.15, -0.1) is 0 Å². The number of nitrogens with zero attached hydrogens (tertiary/aromatic N) is 5. The van der Waals surface area contributed by atoms with Crippen molar-refractivity contribution in [1.29, 1.82) is 0 Å². The molecule has 0 spiro atoms. The molecule has 0 saturated heterocycles. The number of rotatable bonds is 7. The van der Waals surface area contributed by atoms with E-state index in [2.05, 4.69) is 4.98 Å². The number of carbonyl (C=O) groups excluding carboxylic acids is 1. The van der Waals surface area contributed by atoms with E-state index >= 15 is 0 Å². The fourth-order valence-corrected chi connectivity index (χ4v) is 3.42. The van der Waals surface area contributed by atoms with Gasteiger partial charge in [0.1, 0.15) is 6.54 Å². The average Bonchev–Trinajstić information content (AvgIpc) is 3.15. The third-order valence-electron chi connectivity index (χ3n) is 4.95. The van der Waals surface area contributed by atoms with Gasteiger partial charge >= 0.3 is 11.7 Å². The largest absolute Gasteiger partial charge is 0.465 e. The number of esters is 1. The van der Waals surface area contributed by atoms with Crippen LogP contribution in [0.4, 0.5) is 0 Å². The minimum atomic E-state index is -0.633. The molecular formula is C18H25N5O5. The fraction of sp³-hybridized carbons (Fsp3) is 0.556. The van der Waals surface area contributed by atoms with Crippen LogP contribution in [0.2, 0.25) is 0 Å². The molecule has 10 nitrogen and oxygen atoms in total. The van der Waals surface area contributed by atoms with Gasteiger partial charge in [0.15, 0.2) is 11.2 Å². The highest BCUT2D eigenvalue weighted by molar-refractivity contribution is 5.77. The van der Waals surface area contributed by atoms with E-state index in [-0.39, 0.29) is 17.8 Å². The molecule has 0 fully saturated rings. The molecule has 0 atom stereocenters. The Hall–Kier alpha value is -2.88. The van der Waals surface area contributed by atoms with Gasteiger partial charge in [-0.2, -0.15) is 4.98 Å². The van der Waals surface area contributed by atoms with Crippen LogP contribution < -0.4 is 11.2 Å². The van der Waals surface area contributed by atoms with Crippen LogP contribution in [0.15, 0.2) is 9.59 Å². The van der Waals surface area contributed by atoms with Crippen LogP contribution in [-0.2, 0) is 34.4 Å². The van der Waals surface area contributed by atoms with Crippen molar-refractivity contribution in [2.24, 2.45) is 7.05 Å². The third-order valence-corrected chi connectivity index (χ3v) is 4.95. The average molecular weight is 391 g/mol. The van der Waals surface area contributed by atoms with Crippen LogP contribution in [0.3, 0.4) is 0 Å². The number of fused-ring (bicyclic) bond motifs is 3. The molecule has 0 bridgehead atoms. The summed E-state index contributed by atoms with van der Waals surface area (Å²) >= 11 is 0. The topological polar surface area (TPSA) is 102 Å². The zero-order valence-electron chi connectivity index (χ0n) is 16.8. The number of carbonyl (C=O) groups is 1. The summed E-state index contributed by atoms with van der Waals surface area (Å²) in [4.78, 5) is 42.2. The first-order chi connectivity index (χ1) is 13.3. The molecule has 3 heterocycles. The molecule has 10 heteroatoms. The first-order valence-electron chi connectivity index (χ1n) is 9.15. The molecule has 0 saturated carbocycles. The molecule has 3 aromatic heterocycles. The molecule has 0 aliphatic carbocycles. The summed E-state index contributed by atoms with van der Waals surface area (Å²) in [5, 5.41) is 0. The standard InChI is InChI=1S/C18H25N5O5/c1-6-28-13(24)10-22-16(25)14-15(20(4)18(22)26)19-17-21(8-7-9-27-5)11(2)12(3)23(14)17/h6-10H2,1-5H3. The highest BCUT2D eigenvalue weighted by Crippen LogP contribution is 2.20. The van der Waals surface area contributed by atoms with Gasteiger partial charge in [0.2, 0.25) is 5.78 Å². The predicted molar refractivity (Wildman–Crippen MR) is 103 cm³/mol. The number of imidazole rings is 2. The van der Waals surface area contributed by atoms with E-state index in [0.29, 0.717) is 18.9 Å². The Morgan fingerprint density at radius 1 is 1.14 bits per heavy atom. The van der Waals surface area contributed by atoms with Crippen molar-refractivity contribution in [2.45, 2.75) is 40.3 Å². The van der Waals surface area contributed by atoms with Crippen LogP contribution in [0.1, 0.15) is 24.7 Å². The Morgan fingerprint density at radius 2 is 1.86 bits per heavy atom. The number of ether oxygens (including phenoxy) is 2. The van der Waals surface area contributed by atoms with Crippen molar-refractivity contribution in [3.8, 4) is 0 Å². The van der Waals surface area contributed by atoms with Gasteiger partial charge in [-0.05, 0) is 27.2 Å². The first-order valence-corrected chi connectivity index (χ1v) is 9.15. The maximum atomic E-state index is 13.1. The van der Waals surface area contributed by atoms with Crippen LogP contribution >= 0.6 is 0 Å². The van der Waals surface area contributed by atoms with E-state index in [1.807, 2.05) is 18.4 Å². The van der Waals surface area contributed by atoms with E-state index in [1.54, 1.807) is 18.4 Å². The van der Waals surface area contributed by atoms with Gasteiger partial charge in [-0.25, -0.2) is 9.36 Å². The van der Waals surface area contributed by atoms with Crippen molar-refractivity contribution < 1.29 is 14.3 Å². The van der Waals surface area contributed by atoms with E-state index in [1.165, 1.54) is 11.6 Å². The van der Waals surface area contributed by atoms with Gasteiger partial charge in [0.25, 0.3) is 5.56 Å². The van der Waals surface area contributed by atoms with Crippen LogP contribution in [0, 0.1) is 13.8 Å². The summed E-state index contributed by atoms with van der Waals surface area (Å²) in [6, 6.07) is 0. The van der Waals surface area contributed by atoms with Crippen LogP contribution in [-0.4, -0.2) is 49.4 Å². The second-order valence-electron chi connectivity index (χ2n) is 6.63. The monoisotopic (exact) mass is 391 g/mol. The molecular weight excluding hydrogens is 366 g/mol. The number of aromatic nitrogens is 5. The number of methoxy groups -OCH3 is 1. The van der Waals surface area contributed by atoms with Crippen molar-refractivity contribution in [3.05, 3.63) is 32.2 Å². The maximum absolute atomic E-state index is 13.1. The summed E-state index contributed by atoms with van der Waals surface area (Å²) in [6.45, 7) is 6.54. The molecule has 0 aromatic carbocycles. The Bertz CT molecular complexity index is 1160. The number of hydrogen-bond donors (Lipinski definition) is 0. The van der Waals surface area contributed by atoms with Crippen LogP contribution in [0.5, 0.6) is 0 Å². The molecule has 28 heavy (non-hydrogen) atoms. The molecule has 0 unspecified atom stereocenters. The SMILES string of the molecule is CCOC(=O)Cn1c(=O)c2c(nc3n(CCCOC)c(C)c(C)n23)n(C)c1=O. The Morgan fingerprint density at radius 3 is 2.50 bits per heavy atom. The lowest BCUT2D eigenvalue weighted by Gasteiger charge is -2.08. The van der Waals surface area contributed by atoms with Gasteiger partial charge in [0.05, 0.1) is 6.61 Å². The lowest BCUT2D eigenvalue weighted by Crippen LogP contribution is -2.41. The molecule has 0 radical (unpaired) electrons. The van der Waals surface area contributed by atoms with Crippen molar-refractivity contribution in [3.63, 3.8) is 0 Å². The quantitative estimate of drug-likeness (QED) is 0.426. The summed E-state index contributed by atoms with van der Waals surface area (Å²) in [6.07, 6.45) is 0.788. The normalized spacial score (nSPS) is 11.6. The molecule has 3 aromatic rings. The zero-order valence-corrected chi connectivity index (χ0v) is 16.8. The van der Waals surface area contributed by atoms with Gasteiger partial charge < -0.3 is 14.0 Å². The predicted octanol–water partition coefficient (Wildman–Crippen LogP) is 0.366. The van der Waals surface area contributed by atoms with E-state index < -0.39 is 23.8 Å². The molecule has 0 aliphatic heterocycles. The maximum Gasteiger partial charge on any atom is 0.333 e. The third kappa shape index (κ3) is 3.03. The highest BCUT2D eigenvalue weighted by Gasteiger charge is 2.23. The Kier molecular flexibility index (Phi) is 5.41. The lowest BCUT2D eigenvalue weighted by atomic mass is 10.3. The molecule has 152 valence electrons. The van der Waals surface area contributed by atoms with Gasteiger partial charge in [0, 0.05) is 38.7 Å². The summed E-state index contributed by atoms with van der Waals surface area (Å²) < 4.78 is 16.0. The van der Waals surface area contributed by atoms with E-state index in [9.17, 15) is 14.4 Å². The second-order valence-corrected chi connectivity index (χ2v) is 6.63. The second kappa shape index (κ2) is 7.63. The number of aryl methyl sites for hydroxylation is 3. The summed E-state index contributed by atoms with van der Waals surface area (Å²) in [5.74, 6) is -0.0473. The zero-order chi connectivity index (χ0) is 20.6. The highest BCUT2D eigenvalue weighted by atomic mass is 16.5. The van der Waals surface area contributed by atoms with Crippen molar-refractivity contribution >= 4 is 22.9 Å². The van der Waals surface area contributed by atoms with Crippen molar-refractivity contribution in [2.75, 3.05) is 20.3 Å². The number of hydrogen-bond acceptors (Lipinski definition) is 6. The Labute approximate surface area is 160 Å². The van der Waals surface area contributed by atoms with Gasteiger partial charge in [-0.3, -0.25) is 18.6 Å². The molecule has 0 amide bonds. The lowest BCUT2D eigenvalue weighted by molar-refractivity contribution is -0.143. The molecule has 0 N–H and O–H groups in total. The molecule has 0 aliphatic rings. The van der Waals surface area contributed by atoms with Gasteiger partial charge in [-0.1, -0.05) is 0 Å². The van der Waals surface area contributed by atoms with Crippen molar-refractivity contribution in [1.82, 2.24) is 23.1 Å². The Balaban J connectivity index is 2.28. The minimum Gasteiger partial charge on any atom is -0.465 e. The fourth-order valence-electron chi connectivity index (χ4n) is 3.42. The molecule has 3 rings (SSSR count). The summed E-state index contributed by atoms with van der Waals surface area (Å²) in [5.41, 5.74) is 1.22. The van der Waals surface area contributed by atoms with E-state index in [4.69, 9.17) is 9.47 Å². The van der Waals surface area contributed by atoms with Crippen LogP contribution in [0.25, 0.3) is 16.9 Å². The minimum absolute atomic E-state index is 0.176. The summed E-state index contributed by atoms with van der Waals surface area (Å²) in [7, 11) is 3.19. The smallest absolute Gasteiger partial charge is 0.333 e.